The van der Waals surface area contributed by atoms with E-state index in [1.54, 1.807) is 7.05 Å². The van der Waals surface area contributed by atoms with Crippen LogP contribution in [0.5, 0.6) is 0 Å². The van der Waals surface area contributed by atoms with Crippen LogP contribution >= 0.6 is 0 Å². The molecule has 0 heterocycles. The van der Waals surface area contributed by atoms with Crippen molar-refractivity contribution in [3.63, 3.8) is 0 Å². The number of benzene rings is 1. The van der Waals surface area contributed by atoms with Gasteiger partial charge >= 0.3 is 6.18 Å². The molecule has 1 aromatic carbocycles. The first-order chi connectivity index (χ1) is 8.91. The van der Waals surface area contributed by atoms with Crippen molar-refractivity contribution in [1.29, 1.82) is 0 Å². The molecule has 0 radical (unpaired) electrons. The van der Waals surface area contributed by atoms with E-state index >= 15 is 0 Å². The molecule has 1 N–H and O–H groups in total. The molecule has 2 rings (SSSR count). The Kier molecular flexibility index (Phi) is 4.13. The van der Waals surface area contributed by atoms with Gasteiger partial charge in [-0.15, -0.1) is 0 Å². The monoisotopic (exact) mass is 275 g/mol. The zero-order valence-electron chi connectivity index (χ0n) is 10.7. The third-order valence-corrected chi connectivity index (χ3v) is 3.61. The van der Waals surface area contributed by atoms with Crippen molar-refractivity contribution in [2.45, 2.75) is 37.9 Å². The summed E-state index contributed by atoms with van der Waals surface area (Å²) in [6.07, 6.45) is -0.471. The van der Waals surface area contributed by atoms with Gasteiger partial charge in [0.25, 0.3) is 0 Å². The van der Waals surface area contributed by atoms with E-state index in [0.29, 0.717) is 12.3 Å². The van der Waals surface area contributed by atoms with E-state index in [9.17, 15) is 17.6 Å². The first kappa shape index (κ1) is 14.3. The van der Waals surface area contributed by atoms with Crippen molar-refractivity contribution in [2.75, 3.05) is 7.05 Å². The Morgan fingerprint density at radius 1 is 1.32 bits per heavy atom. The molecule has 1 aliphatic rings. The van der Waals surface area contributed by atoms with Crippen LogP contribution in [0.2, 0.25) is 0 Å². The Balaban J connectivity index is 2.19. The number of rotatable bonds is 5. The minimum absolute atomic E-state index is 0.109. The van der Waals surface area contributed by atoms with Crippen molar-refractivity contribution in [3.05, 3.63) is 35.1 Å². The smallest absolute Gasteiger partial charge is 0.313 e. The lowest BCUT2D eigenvalue weighted by atomic mass is 9.98. The van der Waals surface area contributed by atoms with Gasteiger partial charge in [0, 0.05) is 11.6 Å². The van der Waals surface area contributed by atoms with Gasteiger partial charge in [0.1, 0.15) is 5.82 Å². The Morgan fingerprint density at radius 2 is 2.00 bits per heavy atom. The van der Waals surface area contributed by atoms with Crippen molar-refractivity contribution in [3.8, 4) is 0 Å². The summed E-state index contributed by atoms with van der Waals surface area (Å²) in [7, 11) is 1.65. The van der Waals surface area contributed by atoms with E-state index in [0.717, 1.165) is 24.6 Å². The summed E-state index contributed by atoms with van der Waals surface area (Å²) in [6, 6.07) is 2.25. The second-order valence-electron chi connectivity index (χ2n) is 5.10. The second-order valence-corrected chi connectivity index (χ2v) is 5.10. The molecule has 1 fully saturated rings. The van der Waals surface area contributed by atoms with Crippen LogP contribution in [-0.4, -0.2) is 7.05 Å². The normalized spacial score (nSPS) is 17.5. The van der Waals surface area contributed by atoms with Crippen LogP contribution < -0.4 is 5.32 Å². The lowest BCUT2D eigenvalue weighted by molar-refractivity contribution is -0.137. The van der Waals surface area contributed by atoms with E-state index < -0.39 is 17.6 Å². The number of hydrogen-bond acceptors (Lipinski definition) is 1. The Morgan fingerprint density at radius 3 is 2.53 bits per heavy atom. The summed E-state index contributed by atoms with van der Waals surface area (Å²) < 4.78 is 51.7. The van der Waals surface area contributed by atoms with Crippen molar-refractivity contribution >= 4 is 0 Å². The quantitative estimate of drug-likeness (QED) is 0.790. The topological polar surface area (TPSA) is 12.0 Å². The predicted octanol–water partition coefficient (Wildman–Crippen LogP) is 4.30. The van der Waals surface area contributed by atoms with E-state index in [-0.39, 0.29) is 11.6 Å². The molecule has 1 unspecified atom stereocenters. The zero-order valence-corrected chi connectivity index (χ0v) is 10.7. The number of alkyl halides is 3. The molecule has 0 bridgehead atoms. The first-order valence-corrected chi connectivity index (χ1v) is 6.45. The van der Waals surface area contributed by atoms with Gasteiger partial charge in [0.15, 0.2) is 0 Å². The maximum atomic E-state index is 13.7. The van der Waals surface area contributed by atoms with Gasteiger partial charge in [-0.3, -0.25) is 0 Å². The summed E-state index contributed by atoms with van der Waals surface area (Å²) in [5.41, 5.74) is -0.687. The fraction of sp³-hybridized carbons (Fsp3) is 0.571. The largest absolute Gasteiger partial charge is 0.416 e. The number of nitrogens with one attached hydrogen (secondary N) is 1. The highest BCUT2D eigenvalue weighted by atomic mass is 19.4. The number of hydrogen-bond donors (Lipinski definition) is 1. The third-order valence-electron chi connectivity index (χ3n) is 3.61. The van der Waals surface area contributed by atoms with E-state index in [1.807, 2.05) is 0 Å². The predicted molar refractivity (Wildman–Crippen MR) is 65.2 cm³/mol. The maximum absolute atomic E-state index is 13.7. The van der Waals surface area contributed by atoms with E-state index in [2.05, 4.69) is 5.32 Å². The summed E-state index contributed by atoms with van der Waals surface area (Å²) in [4.78, 5) is 0. The molecule has 1 nitrogen and oxygen atoms in total. The Labute approximate surface area is 110 Å². The summed E-state index contributed by atoms with van der Waals surface area (Å²) in [5, 5.41) is 2.91. The minimum Gasteiger partial charge on any atom is -0.313 e. The highest BCUT2D eigenvalue weighted by Crippen LogP contribution is 2.37. The fourth-order valence-electron chi connectivity index (χ4n) is 2.25. The van der Waals surface area contributed by atoms with E-state index in [4.69, 9.17) is 0 Å². The Bertz CT molecular complexity index is 438. The van der Waals surface area contributed by atoms with Crippen molar-refractivity contribution in [1.82, 2.24) is 5.32 Å². The minimum atomic E-state index is -4.43. The van der Waals surface area contributed by atoms with Crippen LogP contribution in [0, 0.1) is 11.7 Å². The molecule has 1 atom stereocenters. The molecule has 19 heavy (non-hydrogen) atoms. The van der Waals surface area contributed by atoms with Crippen LogP contribution in [0.3, 0.4) is 0 Å². The highest BCUT2D eigenvalue weighted by Gasteiger charge is 2.32. The van der Waals surface area contributed by atoms with Crippen molar-refractivity contribution in [2.24, 2.45) is 5.92 Å². The van der Waals surface area contributed by atoms with E-state index in [1.165, 1.54) is 12.8 Å². The maximum Gasteiger partial charge on any atom is 0.416 e. The summed E-state index contributed by atoms with van der Waals surface area (Å²) >= 11 is 0. The fourth-order valence-corrected chi connectivity index (χ4v) is 2.25. The summed E-state index contributed by atoms with van der Waals surface area (Å²) in [6.45, 7) is 0. The van der Waals surface area contributed by atoms with Gasteiger partial charge in [-0.1, -0.05) is 12.8 Å². The molecule has 0 aliphatic heterocycles. The van der Waals surface area contributed by atoms with Gasteiger partial charge < -0.3 is 5.32 Å². The highest BCUT2D eigenvalue weighted by molar-refractivity contribution is 5.29. The molecule has 0 spiro atoms. The SMILES string of the molecule is CNC(CCC1CC1)c1cc(C(F)(F)F)ccc1F. The van der Waals surface area contributed by atoms with Gasteiger partial charge in [-0.25, -0.2) is 4.39 Å². The molecule has 106 valence electrons. The molecule has 1 saturated carbocycles. The van der Waals surface area contributed by atoms with Crippen LogP contribution in [0.1, 0.15) is 42.9 Å². The van der Waals surface area contributed by atoms with Gasteiger partial charge in [0.05, 0.1) is 5.56 Å². The molecule has 5 heteroatoms. The van der Waals surface area contributed by atoms with Crippen LogP contribution in [0.4, 0.5) is 17.6 Å². The molecule has 0 amide bonds. The Hall–Kier alpha value is -1.10. The van der Waals surface area contributed by atoms with Gasteiger partial charge in [-0.2, -0.15) is 13.2 Å². The average Bonchev–Trinajstić information content (AvgIpc) is 3.14. The standard InChI is InChI=1S/C14H17F4N/c1-19-13(7-4-9-2-3-9)11-8-10(14(16,17)18)5-6-12(11)15/h5-6,8-9,13,19H,2-4,7H2,1H3. The van der Waals surface area contributed by atoms with Gasteiger partial charge in [-0.05, 0) is 44.0 Å². The molecule has 1 aromatic rings. The average molecular weight is 275 g/mol. The molecule has 0 saturated heterocycles. The molecular formula is C14H17F4N. The zero-order chi connectivity index (χ0) is 14.0. The van der Waals surface area contributed by atoms with Crippen LogP contribution in [0.25, 0.3) is 0 Å². The number of halogens is 4. The van der Waals surface area contributed by atoms with Crippen molar-refractivity contribution < 1.29 is 17.6 Å². The molecule has 0 aromatic heterocycles. The van der Waals surface area contributed by atoms with Crippen LogP contribution in [0.15, 0.2) is 18.2 Å². The lowest BCUT2D eigenvalue weighted by Crippen LogP contribution is -2.19. The van der Waals surface area contributed by atoms with Gasteiger partial charge in [0.2, 0.25) is 0 Å². The first-order valence-electron chi connectivity index (χ1n) is 6.45. The third kappa shape index (κ3) is 3.69. The second kappa shape index (κ2) is 5.49. The molecular weight excluding hydrogens is 258 g/mol. The van der Waals surface area contributed by atoms with Crippen LogP contribution in [-0.2, 0) is 6.18 Å². The lowest BCUT2D eigenvalue weighted by Gasteiger charge is -2.19. The summed E-state index contributed by atoms with van der Waals surface area (Å²) in [5.74, 6) is 0.0906. The molecule has 1 aliphatic carbocycles.